The smallest absolute Gasteiger partial charge is 0.256 e. The highest BCUT2D eigenvalue weighted by Gasteiger charge is 2.48. The number of aromatic nitrogens is 3. The Labute approximate surface area is 223 Å². The fourth-order valence-electron chi connectivity index (χ4n) is 4.86. The maximum Gasteiger partial charge on any atom is 0.256 e. The van der Waals surface area contributed by atoms with Gasteiger partial charge in [0.25, 0.3) is 5.95 Å². The first-order chi connectivity index (χ1) is 18.7. The van der Waals surface area contributed by atoms with Gasteiger partial charge in [0.2, 0.25) is 17.7 Å². The van der Waals surface area contributed by atoms with Crippen LogP contribution in [-0.4, -0.2) is 70.4 Å². The first-order valence-corrected chi connectivity index (χ1v) is 12.7. The Bertz CT molecular complexity index is 1220. The van der Waals surface area contributed by atoms with Crippen LogP contribution in [0.15, 0.2) is 23.6 Å². The van der Waals surface area contributed by atoms with Crippen molar-refractivity contribution >= 4 is 23.2 Å². The van der Waals surface area contributed by atoms with Crippen LogP contribution >= 0.6 is 0 Å². The number of nitrogens with zero attached hydrogens (tertiary/aromatic N) is 4. The van der Waals surface area contributed by atoms with E-state index in [1.165, 1.54) is 38.1 Å². The van der Waals surface area contributed by atoms with Crippen LogP contribution in [0.25, 0.3) is 0 Å². The third-order valence-corrected chi connectivity index (χ3v) is 7.17. The first kappa shape index (κ1) is 28.4. The lowest BCUT2D eigenvalue weighted by molar-refractivity contribution is -0.128. The van der Waals surface area contributed by atoms with Crippen molar-refractivity contribution < 1.29 is 33.1 Å². The molecule has 0 radical (unpaired) electrons. The lowest BCUT2D eigenvalue weighted by atomic mass is 9.88. The van der Waals surface area contributed by atoms with Crippen LogP contribution in [0, 0.1) is 29.5 Å². The second kappa shape index (κ2) is 12.0. The maximum absolute atomic E-state index is 15.0. The van der Waals surface area contributed by atoms with Gasteiger partial charge in [-0.05, 0) is 56.4 Å². The van der Waals surface area contributed by atoms with Gasteiger partial charge in [-0.15, -0.1) is 5.10 Å². The van der Waals surface area contributed by atoms with Gasteiger partial charge in [0.15, 0.2) is 0 Å². The Kier molecular flexibility index (Phi) is 8.75. The van der Waals surface area contributed by atoms with Gasteiger partial charge in [-0.25, -0.2) is 9.37 Å². The second-order valence-corrected chi connectivity index (χ2v) is 9.98. The van der Waals surface area contributed by atoms with Crippen molar-refractivity contribution in [3.05, 3.63) is 35.8 Å². The molecule has 14 heteroatoms. The van der Waals surface area contributed by atoms with Crippen LogP contribution in [0.5, 0.6) is 5.88 Å². The van der Waals surface area contributed by atoms with Gasteiger partial charge in [0, 0.05) is 12.7 Å². The van der Waals surface area contributed by atoms with E-state index in [0.29, 0.717) is 0 Å². The van der Waals surface area contributed by atoms with E-state index in [1.807, 2.05) is 0 Å². The summed E-state index contributed by atoms with van der Waals surface area (Å²) in [7, 11) is 2.79. The van der Waals surface area contributed by atoms with Gasteiger partial charge >= 0.3 is 0 Å². The summed E-state index contributed by atoms with van der Waals surface area (Å²) in [4.78, 5) is 30.3. The van der Waals surface area contributed by atoms with E-state index in [9.17, 15) is 14.0 Å². The van der Waals surface area contributed by atoms with Crippen LogP contribution in [0.1, 0.15) is 44.2 Å². The zero-order chi connectivity index (χ0) is 28.3. The number of hydrogen-bond acceptors (Lipinski definition) is 9. The molecular formula is C25H33F2N7O5. The number of nitrogens with two attached hydrogens (primary N) is 1. The molecule has 5 N–H and O–H groups in total. The average Bonchev–Trinajstić information content (AvgIpc) is 3.86. The zero-order valence-electron chi connectivity index (χ0n) is 21.9. The number of anilines is 1. The molecule has 0 aliphatic heterocycles. The number of halogens is 2. The van der Waals surface area contributed by atoms with Gasteiger partial charge in [0.05, 0.1) is 31.8 Å². The number of hydrogen-bond donors (Lipinski definition) is 4. The molecule has 3 atom stereocenters. The monoisotopic (exact) mass is 549 g/mol. The summed E-state index contributed by atoms with van der Waals surface area (Å²) in [6.07, 6.45) is 5.97. The molecule has 2 fully saturated rings. The zero-order valence-corrected chi connectivity index (χ0v) is 21.9. The maximum atomic E-state index is 15.0. The molecule has 2 aromatic heterocycles. The Morgan fingerprint density at radius 3 is 2.46 bits per heavy atom. The SMILES string of the molecule is COCC(c1cc(F)cnc1OC)n1cc(NC(=O)C(NC(=O)C(N)/C(C)=N\O)C(C2CC2)C2CC2)c(F)n1. The van der Waals surface area contributed by atoms with E-state index >= 15 is 4.39 Å². The molecule has 3 unspecified atom stereocenters. The van der Waals surface area contributed by atoms with Gasteiger partial charge in [-0.1, -0.05) is 5.16 Å². The average molecular weight is 550 g/mol. The Morgan fingerprint density at radius 2 is 1.90 bits per heavy atom. The molecule has 0 bridgehead atoms. The summed E-state index contributed by atoms with van der Waals surface area (Å²) in [5.74, 6) is -2.44. The van der Waals surface area contributed by atoms with Crippen LogP contribution in [0.3, 0.4) is 0 Å². The fourth-order valence-corrected chi connectivity index (χ4v) is 4.86. The molecule has 2 saturated carbocycles. The molecule has 2 amide bonds. The van der Waals surface area contributed by atoms with Crippen molar-refractivity contribution in [3.8, 4) is 5.88 Å². The quantitative estimate of drug-likeness (QED) is 0.167. The van der Waals surface area contributed by atoms with Gasteiger partial charge in [0.1, 0.15) is 29.6 Å². The van der Waals surface area contributed by atoms with Gasteiger partial charge in [-0.2, -0.15) is 4.39 Å². The highest BCUT2D eigenvalue weighted by Crippen LogP contribution is 2.51. The molecule has 4 rings (SSSR count). The molecule has 0 saturated heterocycles. The van der Waals surface area contributed by atoms with Crippen molar-refractivity contribution in [2.45, 2.75) is 50.7 Å². The molecule has 39 heavy (non-hydrogen) atoms. The summed E-state index contributed by atoms with van der Waals surface area (Å²) in [6, 6.07) is -1.88. The van der Waals surface area contributed by atoms with E-state index < -0.39 is 41.7 Å². The molecule has 212 valence electrons. The summed E-state index contributed by atoms with van der Waals surface area (Å²) in [5, 5.41) is 21.1. The van der Waals surface area contributed by atoms with E-state index in [4.69, 9.17) is 20.4 Å². The summed E-state index contributed by atoms with van der Waals surface area (Å²) < 4.78 is 40.7. The number of amides is 2. The fraction of sp³-hybridized carbons (Fsp3) is 0.560. The molecular weight excluding hydrogens is 516 g/mol. The minimum Gasteiger partial charge on any atom is -0.481 e. The summed E-state index contributed by atoms with van der Waals surface area (Å²) in [6.45, 7) is 1.37. The molecule has 12 nitrogen and oxygen atoms in total. The molecule has 0 spiro atoms. The highest BCUT2D eigenvalue weighted by atomic mass is 19.1. The van der Waals surface area contributed by atoms with Gasteiger partial charge < -0.3 is 31.0 Å². The largest absolute Gasteiger partial charge is 0.481 e. The van der Waals surface area contributed by atoms with E-state index in [1.54, 1.807) is 0 Å². The van der Waals surface area contributed by atoms with Crippen LogP contribution in [0.4, 0.5) is 14.5 Å². The van der Waals surface area contributed by atoms with E-state index in [0.717, 1.165) is 31.9 Å². The number of rotatable bonds is 13. The van der Waals surface area contributed by atoms with Crippen LogP contribution < -0.4 is 21.1 Å². The minimum absolute atomic E-state index is 0.0141. The number of ether oxygens (including phenoxy) is 2. The third-order valence-electron chi connectivity index (χ3n) is 7.17. The summed E-state index contributed by atoms with van der Waals surface area (Å²) >= 11 is 0. The van der Waals surface area contributed by atoms with E-state index in [2.05, 4.69) is 25.9 Å². The Morgan fingerprint density at radius 1 is 1.23 bits per heavy atom. The molecule has 0 aromatic carbocycles. The van der Waals surface area contributed by atoms with Crippen molar-refractivity contribution in [2.24, 2.45) is 28.6 Å². The topological polar surface area (TPSA) is 166 Å². The predicted octanol–water partition coefficient (Wildman–Crippen LogP) is 1.84. The van der Waals surface area contributed by atoms with Crippen LogP contribution in [0.2, 0.25) is 0 Å². The Hall–Kier alpha value is -3.65. The molecule has 2 aliphatic carbocycles. The van der Waals surface area contributed by atoms with Crippen molar-refractivity contribution in [1.82, 2.24) is 20.1 Å². The summed E-state index contributed by atoms with van der Waals surface area (Å²) in [5.41, 5.74) is 5.89. The number of pyridine rings is 1. The highest BCUT2D eigenvalue weighted by molar-refractivity contribution is 6.08. The number of methoxy groups -OCH3 is 2. The normalized spacial score (nSPS) is 18.0. The lowest BCUT2D eigenvalue weighted by Crippen LogP contribution is -2.55. The first-order valence-electron chi connectivity index (χ1n) is 12.7. The third kappa shape index (κ3) is 6.50. The van der Waals surface area contributed by atoms with Crippen LogP contribution in [-0.2, 0) is 14.3 Å². The number of carbonyl (C=O) groups excluding carboxylic acids is 2. The standard InChI is InChI=1S/C25H33F2N7O5/c1-12(33-37)20(28)23(35)31-21(19(13-4-5-13)14-6-7-14)24(36)30-17-10-34(32-22(17)27)18(11-38-2)16-8-15(26)9-29-25(16)39-3/h8-10,13-14,18-21,37H,4-7,11,28H2,1-3H3,(H,30,36)(H,31,35)/b33-12-. The number of nitrogens with one attached hydrogen (secondary N) is 2. The van der Waals surface area contributed by atoms with E-state index in [-0.39, 0.29) is 47.2 Å². The second-order valence-electron chi connectivity index (χ2n) is 9.98. The van der Waals surface area contributed by atoms with Gasteiger partial charge in [-0.3, -0.25) is 14.3 Å². The van der Waals surface area contributed by atoms with Crippen molar-refractivity contribution in [1.29, 1.82) is 0 Å². The minimum atomic E-state index is -1.26. The van der Waals surface area contributed by atoms with Crippen molar-refractivity contribution in [3.63, 3.8) is 0 Å². The number of oxime groups is 1. The lowest BCUT2D eigenvalue weighted by Gasteiger charge is -2.28. The molecule has 2 aromatic rings. The predicted molar refractivity (Wildman–Crippen MR) is 135 cm³/mol. The molecule has 2 heterocycles. The Balaban J connectivity index is 1.60. The van der Waals surface area contributed by atoms with Crippen molar-refractivity contribution in [2.75, 3.05) is 26.1 Å². The molecule has 2 aliphatic rings. The number of carbonyl (C=O) groups is 2.